The Balaban J connectivity index is 1.21. The number of fused-ring (bicyclic) bond motifs is 1. The normalized spacial score (nSPS) is 39.1. The molecule has 174 valence electrons. The predicted molar refractivity (Wildman–Crippen MR) is 114 cm³/mol. The number of aliphatic hydroxyl groups is 1. The van der Waals surface area contributed by atoms with Gasteiger partial charge in [0.2, 0.25) is 0 Å². The third-order valence-corrected chi connectivity index (χ3v) is 8.17. The van der Waals surface area contributed by atoms with Gasteiger partial charge in [0.15, 0.2) is 22.6 Å². The molecule has 0 radical (unpaired) electrons. The Labute approximate surface area is 189 Å². The quantitative estimate of drug-likeness (QED) is 0.407. The standard InChI is InChI=1S/C23H26FN5O4/c1-2-23(10-32-20(31)22-7-12-3-13(8-22)5-14(4-12)9-22)15(30)6-16(33-23)29-11-26-17-18(25)27-21(24)28-19(17)29/h1,11-16,30H,3-10H2,(H2,25,27,28)/t12?,13?,14?,15-,16+,22?,23+/m0/s1. The van der Waals surface area contributed by atoms with Crippen molar-refractivity contribution in [2.24, 2.45) is 23.2 Å². The molecule has 0 unspecified atom stereocenters. The Kier molecular flexibility index (Phi) is 4.48. The van der Waals surface area contributed by atoms with Crippen molar-refractivity contribution >= 4 is 23.0 Å². The number of carbonyl (C=O) groups is 1. The van der Waals surface area contributed by atoms with Gasteiger partial charge in [0, 0.05) is 6.42 Å². The van der Waals surface area contributed by atoms with E-state index in [1.165, 1.54) is 30.2 Å². The summed E-state index contributed by atoms with van der Waals surface area (Å²) >= 11 is 0. The second kappa shape index (κ2) is 7.11. The first-order chi connectivity index (χ1) is 15.8. The van der Waals surface area contributed by atoms with Gasteiger partial charge in [0.25, 0.3) is 0 Å². The summed E-state index contributed by atoms with van der Waals surface area (Å²) in [6.07, 6.45) is 10.7. The molecule has 3 N–H and O–H groups in total. The highest BCUT2D eigenvalue weighted by molar-refractivity contribution is 5.81. The van der Waals surface area contributed by atoms with Crippen LogP contribution in [0.4, 0.5) is 10.2 Å². The van der Waals surface area contributed by atoms with Crippen LogP contribution in [0.2, 0.25) is 0 Å². The van der Waals surface area contributed by atoms with Crippen molar-refractivity contribution in [3.8, 4) is 12.3 Å². The van der Waals surface area contributed by atoms with E-state index in [-0.39, 0.29) is 36.0 Å². The van der Waals surface area contributed by atoms with Crippen LogP contribution in [0.5, 0.6) is 0 Å². The van der Waals surface area contributed by atoms with Gasteiger partial charge in [-0.05, 0) is 56.3 Å². The fourth-order valence-corrected chi connectivity index (χ4v) is 7.03. The largest absolute Gasteiger partial charge is 0.461 e. The van der Waals surface area contributed by atoms with Gasteiger partial charge in [-0.25, -0.2) is 4.98 Å². The first kappa shape index (κ1) is 20.8. The molecule has 0 amide bonds. The van der Waals surface area contributed by atoms with Crippen LogP contribution in [0.1, 0.15) is 51.2 Å². The second-order valence-electron chi connectivity index (χ2n) is 10.3. The topological polar surface area (TPSA) is 125 Å². The number of hydrogen-bond acceptors (Lipinski definition) is 8. The number of nitrogen functional groups attached to an aromatic ring is 1. The number of aromatic nitrogens is 4. The van der Waals surface area contributed by atoms with Crippen LogP contribution >= 0.6 is 0 Å². The average Bonchev–Trinajstić information content (AvgIpc) is 3.32. The first-order valence-corrected chi connectivity index (χ1v) is 11.5. The molecule has 2 aromatic rings. The van der Waals surface area contributed by atoms with Crippen LogP contribution < -0.4 is 5.73 Å². The van der Waals surface area contributed by atoms with E-state index in [9.17, 15) is 14.3 Å². The number of imidazole rings is 1. The number of nitrogens with zero attached hydrogens (tertiary/aromatic N) is 4. The van der Waals surface area contributed by atoms with Gasteiger partial charge < -0.3 is 20.3 Å². The highest BCUT2D eigenvalue weighted by Crippen LogP contribution is 2.60. The Hall–Kier alpha value is -2.77. The van der Waals surface area contributed by atoms with E-state index < -0.39 is 29.4 Å². The summed E-state index contributed by atoms with van der Waals surface area (Å²) in [5.41, 5.74) is 4.14. The number of aliphatic hydroxyl groups excluding tert-OH is 1. The third kappa shape index (κ3) is 3.13. The predicted octanol–water partition coefficient (Wildman–Crippen LogP) is 1.96. The molecule has 4 aliphatic carbocycles. The number of halogens is 1. The maximum Gasteiger partial charge on any atom is 0.312 e. The van der Waals surface area contributed by atoms with Gasteiger partial charge in [-0.3, -0.25) is 9.36 Å². The molecule has 1 aliphatic heterocycles. The zero-order valence-electron chi connectivity index (χ0n) is 18.1. The van der Waals surface area contributed by atoms with Crippen molar-refractivity contribution < 1.29 is 23.8 Å². The summed E-state index contributed by atoms with van der Waals surface area (Å²) in [4.78, 5) is 24.6. The molecule has 1 saturated heterocycles. The highest BCUT2D eigenvalue weighted by Gasteiger charge is 2.56. The van der Waals surface area contributed by atoms with E-state index in [1.54, 1.807) is 0 Å². The minimum atomic E-state index is -1.52. The lowest BCUT2D eigenvalue weighted by atomic mass is 9.49. The molecule has 7 rings (SSSR count). The fraction of sp³-hybridized carbons (Fsp3) is 0.652. The van der Waals surface area contributed by atoms with E-state index in [1.807, 2.05) is 0 Å². The van der Waals surface area contributed by atoms with Gasteiger partial charge in [-0.15, -0.1) is 6.42 Å². The Morgan fingerprint density at radius 1 is 1.27 bits per heavy atom. The van der Waals surface area contributed by atoms with Gasteiger partial charge in [-0.1, -0.05) is 5.92 Å². The molecule has 5 fully saturated rings. The zero-order valence-corrected chi connectivity index (χ0v) is 18.1. The van der Waals surface area contributed by atoms with Crippen LogP contribution in [-0.4, -0.2) is 48.9 Å². The second-order valence-corrected chi connectivity index (χ2v) is 10.3. The summed E-state index contributed by atoms with van der Waals surface area (Å²) < 4.78 is 27.0. The van der Waals surface area contributed by atoms with Gasteiger partial charge >= 0.3 is 12.0 Å². The lowest BCUT2D eigenvalue weighted by molar-refractivity contribution is -0.181. The number of ether oxygens (including phenoxy) is 2. The number of hydrogen-bond donors (Lipinski definition) is 2. The summed E-state index contributed by atoms with van der Waals surface area (Å²) in [6, 6.07) is 0. The van der Waals surface area contributed by atoms with E-state index in [2.05, 4.69) is 20.9 Å². The van der Waals surface area contributed by atoms with Crippen LogP contribution in [0.15, 0.2) is 6.33 Å². The van der Waals surface area contributed by atoms with Crippen LogP contribution in [-0.2, 0) is 14.3 Å². The summed E-state index contributed by atoms with van der Waals surface area (Å²) in [7, 11) is 0. The minimum Gasteiger partial charge on any atom is -0.461 e. The molecule has 4 saturated carbocycles. The lowest BCUT2D eigenvalue weighted by Gasteiger charge is -2.55. The Bertz CT molecular complexity index is 1140. The number of terminal acetylenes is 1. The summed E-state index contributed by atoms with van der Waals surface area (Å²) in [5.74, 6) is 3.99. The van der Waals surface area contributed by atoms with E-state index >= 15 is 0 Å². The molecular formula is C23H26FN5O4. The maximum atomic E-state index is 13.7. The van der Waals surface area contributed by atoms with E-state index in [0.29, 0.717) is 17.8 Å². The fourth-order valence-electron chi connectivity index (χ4n) is 7.03. The van der Waals surface area contributed by atoms with Gasteiger partial charge in [-0.2, -0.15) is 14.4 Å². The smallest absolute Gasteiger partial charge is 0.312 e. The molecule has 5 aliphatic rings. The van der Waals surface area contributed by atoms with E-state index in [0.717, 1.165) is 19.3 Å². The van der Waals surface area contributed by atoms with Crippen LogP contribution in [0.3, 0.4) is 0 Å². The number of nitrogens with two attached hydrogens (primary N) is 1. The van der Waals surface area contributed by atoms with E-state index in [4.69, 9.17) is 21.6 Å². The maximum absolute atomic E-state index is 13.7. The molecule has 3 heterocycles. The SMILES string of the molecule is C#C[C@]1(COC(=O)C23CC4CC(CC(C4)C2)C3)O[C@@H](n2cnc3c(N)nc(F)nc32)C[C@@H]1O. The molecule has 3 atom stereocenters. The average molecular weight is 455 g/mol. The zero-order chi connectivity index (χ0) is 23.0. The number of esters is 1. The number of rotatable bonds is 4. The Morgan fingerprint density at radius 3 is 2.58 bits per heavy atom. The summed E-state index contributed by atoms with van der Waals surface area (Å²) in [5, 5.41) is 10.8. The lowest BCUT2D eigenvalue weighted by Crippen LogP contribution is -2.52. The monoisotopic (exact) mass is 455 g/mol. The molecule has 33 heavy (non-hydrogen) atoms. The number of carbonyl (C=O) groups excluding carboxylic acids is 1. The van der Waals surface area contributed by atoms with Crippen molar-refractivity contribution in [2.45, 2.75) is 62.9 Å². The van der Waals surface area contributed by atoms with Crippen molar-refractivity contribution in [1.82, 2.24) is 19.5 Å². The molecule has 0 spiro atoms. The van der Waals surface area contributed by atoms with Crippen LogP contribution in [0.25, 0.3) is 11.2 Å². The van der Waals surface area contributed by atoms with Crippen molar-refractivity contribution in [1.29, 1.82) is 0 Å². The number of anilines is 1. The molecule has 0 aromatic carbocycles. The van der Waals surface area contributed by atoms with Gasteiger partial charge in [0.05, 0.1) is 11.7 Å². The first-order valence-electron chi connectivity index (χ1n) is 11.5. The molecule has 4 bridgehead atoms. The van der Waals surface area contributed by atoms with Gasteiger partial charge in [0.1, 0.15) is 18.9 Å². The van der Waals surface area contributed by atoms with Crippen molar-refractivity contribution in [2.75, 3.05) is 12.3 Å². The van der Waals surface area contributed by atoms with Crippen LogP contribution in [0, 0.1) is 41.6 Å². The van der Waals surface area contributed by atoms with Crippen molar-refractivity contribution in [3.63, 3.8) is 0 Å². The minimum absolute atomic E-state index is 0.0934. The molecule has 10 heteroatoms. The van der Waals surface area contributed by atoms with Crippen molar-refractivity contribution in [3.05, 3.63) is 12.4 Å². The summed E-state index contributed by atoms with van der Waals surface area (Å²) in [6.45, 7) is -0.250. The molecular weight excluding hydrogens is 429 g/mol. The Morgan fingerprint density at radius 2 is 1.94 bits per heavy atom. The molecule has 2 aromatic heterocycles. The molecule has 9 nitrogen and oxygen atoms in total. The highest BCUT2D eigenvalue weighted by atomic mass is 19.1. The third-order valence-electron chi connectivity index (χ3n) is 8.17.